The zero-order valence-electron chi connectivity index (χ0n) is 27.6. The molecule has 1 unspecified atom stereocenters. The van der Waals surface area contributed by atoms with Crippen LogP contribution in [0.25, 0.3) is 5.57 Å². The van der Waals surface area contributed by atoms with Gasteiger partial charge in [-0.1, -0.05) is 42.5 Å². The number of rotatable bonds is 9. The molecular weight excluding hydrogens is 645 g/mol. The van der Waals surface area contributed by atoms with Gasteiger partial charge in [-0.25, -0.2) is 0 Å². The highest BCUT2D eigenvalue weighted by Crippen LogP contribution is 2.34. The second-order valence-electron chi connectivity index (χ2n) is 13.1. The zero-order chi connectivity index (χ0) is 35.4. The number of benzene rings is 3. The molecule has 0 aromatic heterocycles. The fourth-order valence-electron chi connectivity index (χ4n) is 7.21. The quantitative estimate of drug-likeness (QED) is 0.122. The smallest absolute Gasteiger partial charge is 0.417 e. The van der Waals surface area contributed by atoms with Gasteiger partial charge in [-0.05, 0) is 92.2 Å². The van der Waals surface area contributed by atoms with E-state index in [1.54, 1.807) is 12.1 Å². The molecule has 0 spiro atoms. The maximum absolute atomic E-state index is 13.5. The first-order chi connectivity index (χ1) is 24.0. The van der Waals surface area contributed by atoms with Gasteiger partial charge < -0.3 is 25.7 Å². The van der Waals surface area contributed by atoms with Gasteiger partial charge in [0.25, 0.3) is 5.91 Å². The Balaban J connectivity index is 0.998. The second kappa shape index (κ2) is 14.9. The van der Waals surface area contributed by atoms with Crippen LogP contribution in [0.3, 0.4) is 0 Å². The number of ether oxygens (including phenoxy) is 1. The molecule has 262 valence electrons. The van der Waals surface area contributed by atoms with E-state index in [9.17, 15) is 22.8 Å². The van der Waals surface area contributed by atoms with Crippen molar-refractivity contribution in [2.24, 2.45) is 5.73 Å². The van der Waals surface area contributed by atoms with Gasteiger partial charge in [-0.3, -0.25) is 20.3 Å². The van der Waals surface area contributed by atoms with E-state index in [0.29, 0.717) is 29.7 Å². The predicted octanol–water partition coefficient (Wildman–Crippen LogP) is 6.13. The summed E-state index contributed by atoms with van der Waals surface area (Å²) in [5.74, 6) is 0.124. The number of nitrogens with two attached hydrogens (primary N) is 1. The number of halogens is 3. The van der Waals surface area contributed by atoms with Gasteiger partial charge in [0.05, 0.1) is 11.3 Å². The Hall–Kier alpha value is -4.97. The van der Waals surface area contributed by atoms with Gasteiger partial charge >= 0.3 is 6.18 Å². The standard InChI is InChI=1S/C38H41F3N6O3/c39-38(40,41)32-4-2-1-3-30(32)33(42)23-31(36(43)44)26-5-9-27(10-6-26)47-21-17-28(18-22-47)46-19-15-25(16-20-46)24-7-11-29(12-8-24)50-34-13-14-35(48)45-37(34)49/h1-12,23,25,28,34,42H,13-22H2,(H3,43,44)(H,45,48,49)/b31-23-,42-33?. The molecule has 1 atom stereocenters. The number of hydrogen-bond acceptors (Lipinski definition) is 7. The molecule has 0 saturated carbocycles. The first kappa shape index (κ1) is 34.9. The van der Waals surface area contributed by atoms with Crippen LogP contribution in [0.15, 0.2) is 78.9 Å². The minimum Gasteiger partial charge on any atom is -0.481 e. The van der Waals surface area contributed by atoms with Gasteiger partial charge in [0, 0.05) is 48.8 Å². The van der Waals surface area contributed by atoms with Crippen LogP contribution >= 0.6 is 0 Å². The number of amides is 2. The Morgan fingerprint density at radius 2 is 1.52 bits per heavy atom. The van der Waals surface area contributed by atoms with Crippen molar-refractivity contribution in [1.29, 1.82) is 10.8 Å². The van der Waals surface area contributed by atoms with Crippen LogP contribution in [0.5, 0.6) is 5.75 Å². The lowest BCUT2D eigenvalue weighted by Gasteiger charge is -2.42. The number of likely N-dealkylation sites (tertiary alicyclic amines) is 1. The molecule has 0 radical (unpaired) electrons. The third kappa shape index (κ3) is 8.07. The Morgan fingerprint density at radius 1 is 0.860 bits per heavy atom. The van der Waals surface area contributed by atoms with E-state index in [-0.39, 0.29) is 40.9 Å². The number of imide groups is 1. The first-order valence-corrected chi connectivity index (χ1v) is 17.0. The van der Waals surface area contributed by atoms with Crippen LogP contribution in [0, 0.1) is 10.8 Å². The van der Waals surface area contributed by atoms with E-state index >= 15 is 0 Å². The molecule has 3 aliphatic heterocycles. The molecule has 3 aromatic carbocycles. The average Bonchev–Trinajstić information content (AvgIpc) is 3.12. The zero-order valence-corrected chi connectivity index (χ0v) is 27.6. The van der Waals surface area contributed by atoms with Gasteiger partial charge in [0.1, 0.15) is 11.6 Å². The molecule has 3 aliphatic rings. The Kier molecular flexibility index (Phi) is 10.4. The van der Waals surface area contributed by atoms with Crippen LogP contribution in [-0.2, 0) is 15.8 Å². The molecule has 3 aromatic rings. The molecule has 3 fully saturated rings. The van der Waals surface area contributed by atoms with E-state index in [4.69, 9.17) is 21.3 Å². The van der Waals surface area contributed by atoms with Gasteiger partial charge in [0.15, 0.2) is 6.10 Å². The fraction of sp³-hybridized carbons (Fsp3) is 0.368. The first-order valence-electron chi connectivity index (χ1n) is 17.0. The Bertz CT molecular complexity index is 1760. The van der Waals surface area contributed by atoms with Crippen molar-refractivity contribution in [3.8, 4) is 5.75 Å². The molecule has 6 rings (SSSR count). The molecule has 0 aliphatic carbocycles. The molecular formula is C38H41F3N6O3. The van der Waals surface area contributed by atoms with Crippen LogP contribution in [0.4, 0.5) is 18.9 Å². The largest absolute Gasteiger partial charge is 0.481 e. The number of carbonyl (C=O) groups is 2. The maximum atomic E-state index is 13.5. The number of nitrogens with one attached hydrogen (secondary N) is 3. The summed E-state index contributed by atoms with van der Waals surface area (Å²) in [5.41, 5.74) is 7.33. The highest BCUT2D eigenvalue weighted by molar-refractivity contribution is 6.27. The fourth-order valence-corrected chi connectivity index (χ4v) is 7.21. The summed E-state index contributed by atoms with van der Waals surface area (Å²) in [4.78, 5) is 28.3. The number of alkyl halides is 3. The molecule has 9 nitrogen and oxygen atoms in total. The predicted molar refractivity (Wildman–Crippen MR) is 187 cm³/mol. The number of anilines is 1. The average molecular weight is 687 g/mol. The summed E-state index contributed by atoms with van der Waals surface area (Å²) in [5, 5.41) is 18.8. The SMILES string of the molecule is N=C(N)/C(=C\C(=N)c1ccccc1C(F)(F)F)c1ccc(N2CCC(N3CCC(c4ccc(OC5CCC(=O)NC5=O)cc4)CC3)CC2)cc1. The molecule has 0 bridgehead atoms. The van der Waals surface area contributed by atoms with E-state index in [1.807, 2.05) is 24.3 Å². The highest BCUT2D eigenvalue weighted by Gasteiger charge is 2.34. The summed E-state index contributed by atoms with van der Waals surface area (Å²) < 4.78 is 46.4. The van der Waals surface area contributed by atoms with E-state index < -0.39 is 17.8 Å². The third-order valence-corrected chi connectivity index (χ3v) is 9.97. The highest BCUT2D eigenvalue weighted by atomic mass is 19.4. The van der Waals surface area contributed by atoms with Crippen LogP contribution in [0.1, 0.15) is 66.7 Å². The van der Waals surface area contributed by atoms with E-state index in [0.717, 1.165) is 63.6 Å². The second-order valence-corrected chi connectivity index (χ2v) is 13.1. The van der Waals surface area contributed by atoms with Crippen molar-refractivity contribution in [2.45, 2.75) is 62.8 Å². The third-order valence-electron chi connectivity index (χ3n) is 9.97. The van der Waals surface area contributed by atoms with Gasteiger partial charge in [-0.15, -0.1) is 0 Å². The summed E-state index contributed by atoms with van der Waals surface area (Å²) in [6, 6.07) is 20.9. The minimum absolute atomic E-state index is 0.192. The van der Waals surface area contributed by atoms with Crippen molar-refractivity contribution in [3.05, 3.63) is 101 Å². The molecule has 3 saturated heterocycles. The van der Waals surface area contributed by atoms with Crippen molar-refractivity contribution in [3.63, 3.8) is 0 Å². The number of piperidine rings is 3. The number of allylic oxidation sites excluding steroid dienone is 1. The number of nitrogens with zero attached hydrogens (tertiary/aromatic N) is 2. The topological polar surface area (TPSA) is 136 Å². The minimum atomic E-state index is -4.61. The number of amidine groups is 1. The lowest BCUT2D eigenvalue weighted by molar-refractivity contribution is -0.139. The molecule has 3 heterocycles. The van der Waals surface area contributed by atoms with Gasteiger partial charge in [0.2, 0.25) is 5.91 Å². The molecule has 5 N–H and O–H groups in total. The van der Waals surface area contributed by atoms with E-state index in [1.165, 1.54) is 29.8 Å². The summed E-state index contributed by atoms with van der Waals surface area (Å²) in [7, 11) is 0. The lowest BCUT2D eigenvalue weighted by Crippen LogP contribution is -2.47. The maximum Gasteiger partial charge on any atom is 0.417 e. The Labute approximate surface area is 289 Å². The summed E-state index contributed by atoms with van der Waals surface area (Å²) in [6.07, 6.45) is 0.858. The van der Waals surface area contributed by atoms with Crippen molar-refractivity contribution < 1.29 is 27.5 Å². The van der Waals surface area contributed by atoms with Crippen molar-refractivity contribution in [1.82, 2.24) is 10.2 Å². The van der Waals surface area contributed by atoms with Gasteiger partial charge in [-0.2, -0.15) is 13.2 Å². The normalized spacial score (nSPS) is 20.0. The van der Waals surface area contributed by atoms with Crippen LogP contribution in [0.2, 0.25) is 0 Å². The summed E-state index contributed by atoms with van der Waals surface area (Å²) >= 11 is 0. The van der Waals surface area contributed by atoms with Crippen LogP contribution < -0.4 is 20.7 Å². The Morgan fingerprint density at radius 3 is 2.14 bits per heavy atom. The van der Waals surface area contributed by atoms with E-state index in [2.05, 4.69) is 27.2 Å². The lowest BCUT2D eigenvalue weighted by atomic mass is 9.88. The number of carbonyl (C=O) groups excluding carboxylic acids is 2. The number of hydrogen-bond donors (Lipinski definition) is 4. The molecule has 2 amide bonds. The van der Waals surface area contributed by atoms with Crippen molar-refractivity contribution in [2.75, 3.05) is 31.1 Å². The van der Waals surface area contributed by atoms with Crippen LogP contribution in [-0.4, -0.2) is 66.6 Å². The summed E-state index contributed by atoms with van der Waals surface area (Å²) in [6.45, 7) is 3.85. The van der Waals surface area contributed by atoms with Crippen molar-refractivity contribution >= 4 is 34.6 Å². The molecule has 50 heavy (non-hydrogen) atoms. The molecule has 12 heteroatoms. The monoisotopic (exact) mass is 686 g/mol.